The highest BCUT2D eigenvalue weighted by atomic mass is 16.5. The van der Waals surface area contributed by atoms with Crippen LogP contribution in [0.2, 0.25) is 0 Å². The molecule has 7 nitrogen and oxygen atoms in total. The van der Waals surface area contributed by atoms with Crippen molar-refractivity contribution in [3.05, 3.63) is 36.2 Å². The molecule has 2 aliphatic rings. The minimum absolute atomic E-state index is 0.00385. The number of nitrogens with one attached hydrogen (secondary N) is 1. The van der Waals surface area contributed by atoms with Crippen molar-refractivity contribution in [2.24, 2.45) is 0 Å². The second kappa shape index (κ2) is 7.97. The van der Waals surface area contributed by atoms with Gasteiger partial charge in [0, 0.05) is 18.4 Å². The molecule has 4 rings (SSSR count). The summed E-state index contributed by atoms with van der Waals surface area (Å²) in [6.45, 7) is 3.50. The predicted octanol–water partition coefficient (Wildman–Crippen LogP) is 1.65. The van der Waals surface area contributed by atoms with E-state index in [-0.39, 0.29) is 11.9 Å². The maximum Gasteiger partial charge on any atom is 0.227 e. The second-order valence-electron chi connectivity index (χ2n) is 6.90. The van der Waals surface area contributed by atoms with Crippen LogP contribution in [0.15, 0.2) is 34.9 Å². The number of ether oxygens (including phenoxy) is 1. The highest BCUT2D eigenvalue weighted by Crippen LogP contribution is 2.19. The number of hydrogen-bond acceptors (Lipinski definition) is 6. The third-order valence-corrected chi connectivity index (χ3v) is 5.07. The van der Waals surface area contributed by atoms with Gasteiger partial charge in [-0.25, -0.2) is 0 Å². The summed E-state index contributed by atoms with van der Waals surface area (Å²) >= 11 is 0. The van der Waals surface area contributed by atoms with Crippen LogP contribution in [0.5, 0.6) is 0 Å². The predicted molar refractivity (Wildman–Crippen MR) is 95.4 cm³/mol. The van der Waals surface area contributed by atoms with E-state index in [1.54, 1.807) is 0 Å². The van der Waals surface area contributed by atoms with Gasteiger partial charge in [-0.2, -0.15) is 4.98 Å². The van der Waals surface area contributed by atoms with Crippen LogP contribution in [0, 0.1) is 0 Å². The Morgan fingerprint density at radius 1 is 1.19 bits per heavy atom. The van der Waals surface area contributed by atoms with Gasteiger partial charge in [0.25, 0.3) is 0 Å². The summed E-state index contributed by atoms with van der Waals surface area (Å²) in [4.78, 5) is 19.1. The topological polar surface area (TPSA) is 80.5 Å². The smallest absolute Gasteiger partial charge is 0.227 e. The van der Waals surface area contributed by atoms with E-state index in [9.17, 15) is 4.79 Å². The van der Waals surface area contributed by atoms with Crippen molar-refractivity contribution in [1.29, 1.82) is 0 Å². The van der Waals surface area contributed by atoms with Crippen LogP contribution in [0.25, 0.3) is 11.4 Å². The van der Waals surface area contributed by atoms with E-state index < -0.39 is 0 Å². The highest BCUT2D eigenvalue weighted by Gasteiger charge is 2.35. The van der Waals surface area contributed by atoms with Crippen molar-refractivity contribution >= 4 is 5.91 Å². The average Bonchev–Trinajstić information content (AvgIpc) is 3.42. The zero-order valence-electron chi connectivity index (χ0n) is 14.8. The van der Waals surface area contributed by atoms with Crippen molar-refractivity contribution in [3.63, 3.8) is 0 Å². The molecule has 1 aromatic carbocycles. The first kappa shape index (κ1) is 17.2. The summed E-state index contributed by atoms with van der Waals surface area (Å²) in [5, 5.41) is 7.11. The van der Waals surface area contributed by atoms with Gasteiger partial charge in [0.15, 0.2) is 0 Å². The Morgan fingerprint density at radius 2 is 2.00 bits per heavy atom. The number of carbonyl (C=O) groups excluding carboxylic acids is 1. The lowest BCUT2D eigenvalue weighted by atomic mass is 10.1. The van der Waals surface area contributed by atoms with Crippen LogP contribution in [-0.2, 0) is 16.0 Å². The number of aryl methyl sites for hydroxylation is 1. The van der Waals surface area contributed by atoms with E-state index in [1.807, 2.05) is 30.3 Å². The Morgan fingerprint density at radius 3 is 2.81 bits per heavy atom. The molecule has 138 valence electrons. The zero-order chi connectivity index (χ0) is 17.8. The maximum absolute atomic E-state index is 12.3. The van der Waals surface area contributed by atoms with Gasteiger partial charge in [0.2, 0.25) is 17.6 Å². The number of hydrogen-bond donors (Lipinski definition) is 1. The molecule has 1 N–H and O–H groups in total. The Labute approximate surface area is 152 Å². The van der Waals surface area contributed by atoms with Crippen molar-refractivity contribution in [3.8, 4) is 11.4 Å². The van der Waals surface area contributed by atoms with Gasteiger partial charge < -0.3 is 14.6 Å². The maximum atomic E-state index is 12.3. The lowest BCUT2D eigenvalue weighted by molar-refractivity contribution is -0.122. The molecule has 2 atom stereocenters. The monoisotopic (exact) mass is 356 g/mol. The van der Waals surface area contributed by atoms with Crippen LogP contribution < -0.4 is 5.32 Å². The average molecular weight is 356 g/mol. The van der Waals surface area contributed by atoms with Crippen molar-refractivity contribution < 1.29 is 14.1 Å². The Bertz CT molecular complexity index is 727. The highest BCUT2D eigenvalue weighted by molar-refractivity contribution is 5.76. The van der Waals surface area contributed by atoms with Gasteiger partial charge in [0.1, 0.15) is 0 Å². The third-order valence-electron chi connectivity index (χ3n) is 5.07. The molecule has 2 saturated heterocycles. The molecule has 1 aromatic heterocycles. The molecule has 7 heteroatoms. The first-order valence-electron chi connectivity index (χ1n) is 9.29. The summed E-state index contributed by atoms with van der Waals surface area (Å²) in [5.74, 6) is 1.04. The van der Waals surface area contributed by atoms with E-state index in [0.29, 0.717) is 43.8 Å². The molecular formula is C19H24N4O3. The van der Waals surface area contributed by atoms with Gasteiger partial charge in [-0.15, -0.1) is 0 Å². The Hall–Kier alpha value is -2.25. The van der Waals surface area contributed by atoms with Gasteiger partial charge >= 0.3 is 0 Å². The van der Waals surface area contributed by atoms with Gasteiger partial charge in [0.05, 0.1) is 25.3 Å². The van der Waals surface area contributed by atoms with E-state index in [1.165, 1.54) is 12.8 Å². The van der Waals surface area contributed by atoms with E-state index >= 15 is 0 Å². The van der Waals surface area contributed by atoms with Gasteiger partial charge in [-0.3, -0.25) is 9.69 Å². The van der Waals surface area contributed by atoms with Crippen LogP contribution >= 0.6 is 0 Å². The molecule has 2 fully saturated rings. The van der Waals surface area contributed by atoms with E-state index in [4.69, 9.17) is 9.26 Å². The number of carbonyl (C=O) groups is 1. The van der Waals surface area contributed by atoms with E-state index in [0.717, 1.165) is 18.7 Å². The number of nitrogens with zero attached hydrogens (tertiary/aromatic N) is 3. The number of rotatable bonds is 6. The number of amides is 1. The lowest BCUT2D eigenvalue weighted by Crippen LogP contribution is -2.50. The number of benzene rings is 1. The molecule has 0 aliphatic carbocycles. The van der Waals surface area contributed by atoms with Gasteiger partial charge in [-0.1, -0.05) is 35.5 Å². The quantitative estimate of drug-likeness (QED) is 0.848. The number of likely N-dealkylation sites (tertiary alicyclic amines) is 1. The van der Waals surface area contributed by atoms with Crippen LogP contribution in [0.1, 0.15) is 25.2 Å². The molecule has 0 spiro atoms. The standard InChI is InChI=1S/C19H24N4O3/c24-17(20-15-12-25-13-16(15)23-10-4-5-11-23)8-9-18-21-19(22-26-18)14-6-2-1-3-7-14/h1-3,6-7,15-16H,4-5,8-13H2,(H,20,24)/t15-,16-/m1/s1. The first-order chi connectivity index (χ1) is 12.8. The summed E-state index contributed by atoms with van der Waals surface area (Å²) in [6.07, 6.45) is 3.24. The zero-order valence-corrected chi connectivity index (χ0v) is 14.8. The third kappa shape index (κ3) is 3.94. The fourth-order valence-electron chi connectivity index (χ4n) is 3.67. The summed E-state index contributed by atoms with van der Waals surface area (Å²) in [7, 11) is 0. The molecule has 1 amide bonds. The molecule has 26 heavy (non-hydrogen) atoms. The molecule has 0 saturated carbocycles. The minimum atomic E-state index is 0.00385. The minimum Gasteiger partial charge on any atom is -0.378 e. The summed E-state index contributed by atoms with van der Waals surface area (Å²) in [6, 6.07) is 10.0. The Kier molecular flexibility index (Phi) is 5.26. The molecule has 0 unspecified atom stereocenters. The summed E-state index contributed by atoms with van der Waals surface area (Å²) in [5.41, 5.74) is 0.906. The van der Waals surface area contributed by atoms with Crippen LogP contribution in [0.4, 0.5) is 0 Å². The molecule has 0 bridgehead atoms. The molecular weight excluding hydrogens is 332 g/mol. The molecule has 0 radical (unpaired) electrons. The van der Waals surface area contributed by atoms with E-state index in [2.05, 4.69) is 20.4 Å². The van der Waals surface area contributed by atoms with Crippen molar-refractivity contribution in [2.75, 3.05) is 26.3 Å². The second-order valence-corrected chi connectivity index (χ2v) is 6.90. The Balaban J connectivity index is 1.28. The summed E-state index contributed by atoms with van der Waals surface area (Å²) < 4.78 is 10.9. The fraction of sp³-hybridized carbons (Fsp3) is 0.526. The van der Waals surface area contributed by atoms with Crippen molar-refractivity contribution in [2.45, 2.75) is 37.8 Å². The molecule has 2 aromatic rings. The number of aromatic nitrogens is 2. The fourth-order valence-corrected chi connectivity index (χ4v) is 3.67. The van der Waals surface area contributed by atoms with Crippen LogP contribution in [0.3, 0.4) is 0 Å². The van der Waals surface area contributed by atoms with Crippen LogP contribution in [-0.4, -0.2) is 59.3 Å². The lowest BCUT2D eigenvalue weighted by Gasteiger charge is -2.27. The largest absolute Gasteiger partial charge is 0.378 e. The van der Waals surface area contributed by atoms with Crippen molar-refractivity contribution in [1.82, 2.24) is 20.4 Å². The normalized spacial score (nSPS) is 23.4. The first-order valence-corrected chi connectivity index (χ1v) is 9.29. The molecule has 3 heterocycles. The SMILES string of the molecule is O=C(CCc1nc(-c2ccccc2)no1)N[C@@H]1COC[C@H]1N1CCCC1. The van der Waals surface area contributed by atoms with Gasteiger partial charge in [-0.05, 0) is 25.9 Å². The molecule has 2 aliphatic heterocycles.